The molecule has 1 aliphatic heterocycles. The Labute approximate surface area is 97.4 Å². The molecule has 0 radical (unpaired) electrons. The van der Waals surface area contributed by atoms with Gasteiger partial charge in [0.05, 0.1) is 6.61 Å². The molecular weight excluding hydrogens is 228 g/mol. The summed E-state index contributed by atoms with van der Waals surface area (Å²) in [6.07, 6.45) is -0.961. The summed E-state index contributed by atoms with van der Waals surface area (Å²) in [5, 5.41) is 7.55. The van der Waals surface area contributed by atoms with Gasteiger partial charge in [0.15, 0.2) is 11.5 Å². The third kappa shape index (κ3) is 2.30. The number of carbonyl (C=O) groups excluding carboxylic acids is 3. The van der Waals surface area contributed by atoms with Crippen LogP contribution in [0.25, 0.3) is 0 Å². The first-order chi connectivity index (χ1) is 7.90. The molecule has 1 N–H and O–H groups in total. The molecule has 0 atom stereocenters. The Balaban J connectivity index is 3.06. The van der Waals surface area contributed by atoms with Crippen molar-refractivity contribution in [1.82, 2.24) is 9.80 Å². The minimum Gasteiger partial charge on any atom is -0.448 e. The molecule has 92 valence electrons. The lowest BCUT2D eigenvalue weighted by Crippen LogP contribution is -2.57. The summed E-state index contributed by atoms with van der Waals surface area (Å²) in [6, 6.07) is -0.650. The fraction of sp³-hybridized carbons (Fsp3) is 0.444. The van der Waals surface area contributed by atoms with E-state index in [1.54, 1.807) is 6.92 Å². The number of amides is 4. The van der Waals surface area contributed by atoms with Gasteiger partial charge in [-0.15, -0.1) is 0 Å². The van der Waals surface area contributed by atoms with Gasteiger partial charge in [0.1, 0.15) is 0 Å². The van der Waals surface area contributed by atoms with Gasteiger partial charge >= 0.3 is 12.1 Å². The summed E-state index contributed by atoms with van der Waals surface area (Å²) < 4.78 is 4.54. The number of amidine groups is 1. The molecule has 0 spiro atoms. The molecule has 0 bridgehead atoms. The highest BCUT2D eigenvalue weighted by Crippen LogP contribution is 2.07. The predicted molar refractivity (Wildman–Crippen MR) is 58.1 cm³/mol. The number of nitrogens with zero attached hydrogens (tertiary/aromatic N) is 3. The van der Waals surface area contributed by atoms with Gasteiger partial charge in [-0.25, -0.2) is 9.59 Å². The van der Waals surface area contributed by atoms with Crippen LogP contribution in [0.4, 0.5) is 9.59 Å². The zero-order valence-corrected chi connectivity index (χ0v) is 9.68. The van der Waals surface area contributed by atoms with Crippen LogP contribution in [-0.4, -0.2) is 60.1 Å². The molecule has 0 aromatic rings. The third-order valence-corrected chi connectivity index (χ3v) is 2.11. The third-order valence-electron chi connectivity index (χ3n) is 2.11. The predicted octanol–water partition coefficient (Wildman–Crippen LogP) is 0.0850. The Morgan fingerprint density at radius 2 is 1.94 bits per heavy atom. The molecule has 1 fully saturated rings. The van der Waals surface area contributed by atoms with E-state index in [4.69, 9.17) is 5.41 Å². The van der Waals surface area contributed by atoms with Crippen LogP contribution in [0.1, 0.15) is 6.92 Å². The lowest BCUT2D eigenvalue weighted by atomic mass is 10.2. The Morgan fingerprint density at radius 3 is 2.47 bits per heavy atom. The molecule has 0 saturated carbocycles. The van der Waals surface area contributed by atoms with Crippen molar-refractivity contribution in [2.45, 2.75) is 6.92 Å². The minimum atomic E-state index is -0.961. The minimum absolute atomic E-state index is 0.113. The van der Waals surface area contributed by atoms with Crippen LogP contribution in [0.15, 0.2) is 4.99 Å². The fourth-order valence-electron chi connectivity index (χ4n) is 1.17. The largest absolute Gasteiger partial charge is 0.448 e. The highest BCUT2D eigenvalue weighted by atomic mass is 16.5. The first-order valence-corrected chi connectivity index (χ1v) is 4.80. The molecular formula is C9H12N4O4. The molecule has 0 aliphatic carbocycles. The summed E-state index contributed by atoms with van der Waals surface area (Å²) in [5.74, 6) is -1.22. The number of ether oxygens (including phenoxy) is 1. The van der Waals surface area contributed by atoms with Gasteiger partial charge in [-0.1, -0.05) is 0 Å². The van der Waals surface area contributed by atoms with Crippen molar-refractivity contribution in [2.75, 3.05) is 20.7 Å². The van der Waals surface area contributed by atoms with E-state index in [0.717, 1.165) is 9.80 Å². The average Bonchev–Trinajstić information content (AvgIpc) is 2.30. The second-order valence-electron chi connectivity index (χ2n) is 3.21. The summed E-state index contributed by atoms with van der Waals surface area (Å²) in [6.45, 7) is 1.70. The van der Waals surface area contributed by atoms with Crippen LogP contribution in [0.3, 0.4) is 0 Å². The van der Waals surface area contributed by atoms with Gasteiger partial charge < -0.3 is 4.74 Å². The lowest BCUT2D eigenvalue weighted by Gasteiger charge is -2.29. The van der Waals surface area contributed by atoms with Gasteiger partial charge in [0.25, 0.3) is 5.91 Å². The Bertz CT molecular complexity index is 403. The molecule has 4 amide bonds. The summed E-state index contributed by atoms with van der Waals surface area (Å²) in [7, 11) is 2.56. The van der Waals surface area contributed by atoms with Crippen molar-refractivity contribution in [2.24, 2.45) is 4.99 Å². The highest BCUT2D eigenvalue weighted by Gasteiger charge is 2.37. The van der Waals surface area contributed by atoms with Crippen molar-refractivity contribution in [3.63, 3.8) is 0 Å². The summed E-state index contributed by atoms with van der Waals surface area (Å²) in [4.78, 5) is 39.2. The van der Waals surface area contributed by atoms with E-state index in [-0.39, 0.29) is 6.61 Å². The molecule has 8 nitrogen and oxygen atoms in total. The number of imide groups is 1. The first-order valence-electron chi connectivity index (χ1n) is 4.80. The number of aliphatic imine (C=N–C) groups is 1. The molecule has 8 heteroatoms. The SMILES string of the molecule is CCOC(=O)/N=C1\C(=N)N(C)C(=O)N(C)C1=O. The second kappa shape index (κ2) is 4.73. The second-order valence-corrected chi connectivity index (χ2v) is 3.21. The van der Waals surface area contributed by atoms with Crippen molar-refractivity contribution >= 4 is 29.6 Å². The van der Waals surface area contributed by atoms with E-state index in [2.05, 4.69) is 9.73 Å². The Hall–Kier alpha value is -2.25. The van der Waals surface area contributed by atoms with Crippen LogP contribution in [0.5, 0.6) is 0 Å². The number of rotatable bonds is 1. The summed E-state index contributed by atoms with van der Waals surface area (Å²) in [5.41, 5.74) is -0.409. The molecule has 0 unspecified atom stereocenters. The van der Waals surface area contributed by atoms with Crippen LogP contribution in [-0.2, 0) is 9.53 Å². The molecule has 1 saturated heterocycles. The standard InChI is InChI=1S/C9H12N4O4/c1-4-17-8(15)11-5-6(10)12(2)9(16)13(3)7(5)14/h10H,4H2,1-3H3/b10-6?,11-5+. The average molecular weight is 240 g/mol. The summed E-state index contributed by atoms with van der Waals surface area (Å²) >= 11 is 0. The van der Waals surface area contributed by atoms with Crippen molar-refractivity contribution in [1.29, 1.82) is 5.41 Å². The zero-order valence-electron chi connectivity index (χ0n) is 9.68. The number of urea groups is 1. The van der Waals surface area contributed by atoms with Gasteiger partial charge in [-0.2, -0.15) is 4.99 Å². The van der Waals surface area contributed by atoms with Crippen LogP contribution in [0.2, 0.25) is 0 Å². The maximum Gasteiger partial charge on any atom is 0.434 e. The van der Waals surface area contributed by atoms with Crippen molar-refractivity contribution < 1.29 is 19.1 Å². The fourth-order valence-corrected chi connectivity index (χ4v) is 1.17. The van der Waals surface area contributed by atoms with Gasteiger partial charge in [0, 0.05) is 14.1 Å². The lowest BCUT2D eigenvalue weighted by molar-refractivity contribution is -0.120. The maximum absolute atomic E-state index is 11.6. The van der Waals surface area contributed by atoms with Gasteiger partial charge in [-0.3, -0.25) is 20.0 Å². The Morgan fingerprint density at radius 1 is 1.35 bits per heavy atom. The van der Waals surface area contributed by atoms with Gasteiger partial charge in [-0.05, 0) is 6.92 Å². The number of carbonyl (C=O) groups is 3. The van der Waals surface area contributed by atoms with Gasteiger partial charge in [0.2, 0.25) is 0 Å². The molecule has 0 aromatic heterocycles. The van der Waals surface area contributed by atoms with Crippen LogP contribution in [0, 0.1) is 5.41 Å². The molecule has 0 aromatic carbocycles. The van der Waals surface area contributed by atoms with E-state index in [1.165, 1.54) is 14.1 Å². The first kappa shape index (κ1) is 12.8. The van der Waals surface area contributed by atoms with Crippen LogP contribution >= 0.6 is 0 Å². The topological polar surface area (TPSA) is 103 Å². The molecule has 17 heavy (non-hydrogen) atoms. The van der Waals surface area contributed by atoms with E-state index >= 15 is 0 Å². The smallest absolute Gasteiger partial charge is 0.434 e. The van der Waals surface area contributed by atoms with Crippen molar-refractivity contribution in [3.05, 3.63) is 0 Å². The quantitative estimate of drug-likeness (QED) is 0.701. The zero-order chi connectivity index (χ0) is 13.2. The molecule has 1 rings (SSSR count). The van der Waals surface area contributed by atoms with E-state index in [1.807, 2.05) is 0 Å². The van der Waals surface area contributed by atoms with E-state index in [0.29, 0.717) is 0 Å². The Kier molecular flexibility index (Phi) is 3.56. The van der Waals surface area contributed by atoms with E-state index in [9.17, 15) is 14.4 Å². The molecule has 1 heterocycles. The van der Waals surface area contributed by atoms with Crippen LogP contribution < -0.4 is 0 Å². The monoisotopic (exact) mass is 240 g/mol. The number of hydrogen-bond donors (Lipinski definition) is 1. The molecule has 1 aliphatic rings. The van der Waals surface area contributed by atoms with Crippen molar-refractivity contribution in [3.8, 4) is 0 Å². The van der Waals surface area contributed by atoms with E-state index < -0.39 is 29.6 Å². The number of hydrogen-bond acceptors (Lipinski definition) is 5. The number of nitrogens with one attached hydrogen (secondary N) is 1. The maximum atomic E-state index is 11.6. The highest BCUT2D eigenvalue weighted by molar-refractivity contribution is 6.69. The normalized spacial score (nSPS) is 19.0.